The Morgan fingerprint density at radius 1 is 1.07 bits per heavy atom. The van der Waals surface area contributed by atoms with Gasteiger partial charge in [0.2, 0.25) is 5.91 Å². The van der Waals surface area contributed by atoms with Gasteiger partial charge in [-0.25, -0.2) is 4.39 Å². The topological polar surface area (TPSA) is 32.3 Å². The van der Waals surface area contributed by atoms with E-state index < -0.39 is 0 Å². The van der Waals surface area contributed by atoms with Crippen molar-refractivity contribution in [2.24, 2.45) is 17.8 Å². The Labute approximate surface area is 170 Å². The number of benzene rings is 3. The number of rotatable bonds is 5. The maximum Gasteiger partial charge on any atom is 0.224 e. The quantitative estimate of drug-likeness (QED) is 0.696. The largest absolute Gasteiger partial charge is 0.352 e. The number of likely N-dealkylation sites (tertiary alicyclic amines) is 1. The molecule has 0 spiro atoms. The van der Waals surface area contributed by atoms with Crippen LogP contribution in [0.4, 0.5) is 4.39 Å². The van der Waals surface area contributed by atoms with Gasteiger partial charge in [0, 0.05) is 31.6 Å². The van der Waals surface area contributed by atoms with Crippen LogP contribution in [0, 0.1) is 23.6 Å². The van der Waals surface area contributed by atoms with E-state index in [0.29, 0.717) is 24.4 Å². The zero-order chi connectivity index (χ0) is 20.0. The lowest BCUT2D eigenvalue weighted by molar-refractivity contribution is -0.123. The highest BCUT2D eigenvalue weighted by molar-refractivity contribution is 5.86. The molecule has 1 aliphatic carbocycles. The van der Waals surface area contributed by atoms with E-state index in [2.05, 4.69) is 59.6 Å². The summed E-state index contributed by atoms with van der Waals surface area (Å²) in [6.07, 6.45) is 0. The highest BCUT2D eigenvalue weighted by atomic mass is 19.1. The summed E-state index contributed by atoms with van der Waals surface area (Å²) in [7, 11) is 0. The van der Waals surface area contributed by atoms with E-state index in [-0.39, 0.29) is 17.6 Å². The zero-order valence-corrected chi connectivity index (χ0v) is 16.5. The third-order valence-corrected chi connectivity index (χ3v) is 6.70. The van der Waals surface area contributed by atoms with Crippen molar-refractivity contribution in [3.05, 3.63) is 83.7 Å². The molecule has 0 aromatic heterocycles. The fourth-order valence-corrected chi connectivity index (χ4v) is 5.03. The first-order valence-electron chi connectivity index (χ1n) is 10.4. The highest BCUT2D eigenvalue weighted by Crippen LogP contribution is 2.53. The maximum atomic E-state index is 13.3. The molecule has 4 heteroatoms. The van der Waals surface area contributed by atoms with Crippen molar-refractivity contribution >= 4 is 16.7 Å². The number of carbonyl (C=O) groups is 1. The number of piperidine rings is 1. The molecule has 148 valence electrons. The lowest BCUT2D eigenvalue weighted by Crippen LogP contribution is -2.33. The standard InChI is InChI=1S/C25H25FN2O/c1-16(20-11-5-8-18-7-2-3-10-21(18)20)28-14-22-23(15-28)24(22)25(29)27-13-17-6-4-9-19(26)12-17/h2-12,16,22-24H,13-15H2,1H3,(H,27,29)/t16-,22-,23+,24+/m1/s1. The number of fused-ring (bicyclic) bond motifs is 2. The minimum atomic E-state index is -0.266. The summed E-state index contributed by atoms with van der Waals surface area (Å²) in [6.45, 7) is 4.59. The van der Waals surface area contributed by atoms with Crippen LogP contribution in [0.1, 0.15) is 24.1 Å². The Hall–Kier alpha value is -2.72. The van der Waals surface area contributed by atoms with Crippen LogP contribution in [0.2, 0.25) is 0 Å². The van der Waals surface area contributed by atoms with Crippen LogP contribution in [0.15, 0.2) is 66.7 Å². The molecular weight excluding hydrogens is 363 g/mol. The second-order valence-corrected chi connectivity index (χ2v) is 8.40. The van der Waals surface area contributed by atoms with Gasteiger partial charge in [-0.05, 0) is 52.8 Å². The predicted molar refractivity (Wildman–Crippen MR) is 113 cm³/mol. The molecule has 1 heterocycles. The van der Waals surface area contributed by atoms with Crippen LogP contribution in [0.25, 0.3) is 10.8 Å². The van der Waals surface area contributed by atoms with Crippen molar-refractivity contribution in [3.63, 3.8) is 0 Å². The lowest BCUT2D eigenvalue weighted by Gasteiger charge is -2.28. The van der Waals surface area contributed by atoms with E-state index >= 15 is 0 Å². The zero-order valence-electron chi connectivity index (χ0n) is 16.5. The van der Waals surface area contributed by atoms with Gasteiger partial charge in [0.25, 0.3) is 0 Å². The molecule has 2 aliphatic rings. The number of nitrogens with zero attached hydrogens (tertiary/aromatic N) is 1. The molecule has 3 nitrogen and oxygen atoms in total. The Morgan fingerprint density at radius 2 is 1.79 bits per heavy atom. The third kappa shape index (κ3) is 3.42. The maximum absolute atomic E-state index is 13.3. The van der Waals surface area contributed by atoms with Crippen molar-refractivity contribution in [1.82, 2.24) is 10.2 Å². The smallest absolute Gasteiger partial charge is 0.224 e. The van der Waals surface area contributed by atoms with E-state index in [1.54, 1.807) is 6.07 Å². The van der Waals surface area contributed by atoms with E-state index in [0.717, 1.165) is 18.7 Å². The Balaban J connectivity index is 1.20. The molecule has 3 aromatic carbocycles. The molecule has 29 heavy (non-hydrogen) atoms. The first-order chi connectivity index (χ1) is 14.1. The van der Waals surface area contributed by atoms with Gasteiger partial charge in [-0.3, -0.25) is 9.69 Å². The van der Waals surface area contributed by atoms with Gasteiger partial charge in [0.15, 0.2) is 0 Å². The average Bonchev–Trinajstić information content (AvgIpc) is 3.24. The third-order valence-electron chi connectivity index (χ3n) is 6.70. The lowest BCUT2D eigenvalue weighted by atomic mass is 9.98. The second-order valence-electron chi connectivity index (χ2n) is 8.40. The molecule has 1 saturated carbocycles. The van der Waals surface area contributed by atoms with Gasteiger partial charge in [-0.15, -0.1) is 0 Å². The van der Waals surface area contributed by atoms with Gasteiger partial charge in [0.05, 0.1) is 0 Å². The number of hydrogen-bond donors (Lipinski definition) is 1. The summed E-state index contributed by atoms with van der Waals surface area (Å²) in [5, 5.41) is 5.58. The Bertz CT molecular complexity index is 1050. The summed E-state index contributed by atoms with van der Waals surface area (Å²) in [5.41, 5.74) is 2.16. The number of halogens is 1. The van der Waals surface area contributed by atoms with Gasteiger partial charge in [-0.1, -0.05) is 54.6 Å². The van der Waals surface area contributed by atoms with Gasteiger partial charge < -0.3 is 5.32 Å². The number of hydrogen-bond acceptors (Lipinski definition) is 2. The minimum Gasteiger partial charge on any atom is -0.352 e. The van der Waals surface area contributed by atoms with Crippen molar-refractivity contribution in [3.8, 4) is 0 Å². The van der Waals surface area contributed by atoms with Crippen molar-refractivity contribution in [2.75, 3.05) is 13.1 Å². The molecule has 0 radical (unpaired) electrons. The monoisotopic (exact) mass is 388 g/mol. The molecule has 3 aromatic rings. The van der Waals surface area contributed by atoms with Crippen molar-refractivity contribution in [1.29, 1.82) is 0 Å². The van der Waals surface area contributed by atoms with Gasteiger partial charge in [0.1, 0.15) is 5.82 Å². The van der Waals surface area contributed by atoms with E-state index in [9.17, 15) is 9.18 Å². The minimum absolute atomic E-state index is 0.111. The normalized spacial score (nSPS) is 24.3. The van der Waals surface area contributed by atoms with Crippen molar-refractivity contribution < 1.29 is 9.18 Å². The molecule has 2 fully saturated rings. The first-order valence-corrected chi connectivity index (χ1v) is 10.4. The molecule has 1 N–H and O–H groups in total. The first kappa shape index (κ1) is 18.3. The Morgan fingerprint density at radius 3 is 2.59 bits per heavy atom. The summed E-state index contributed by atoms with van der Waals surface area (Å²) < 4.78 is 13.3. The molecule has 0 unspecified atom stereocenters. The van der Waals surface area contributed by atoms with Crippen LogP contribution in [-0.2, 0) is 11.3 Å². The van der Waals surface area contributed by atoms with Crippen LogP contribution < -0.4 is 5.32 Å². The summed E-state index contributed by atoms with van der Waals surface area (Å²) in [4.78, 5) is 15.1. The van der Waals surface area contributed by atoms with Gasteiger partial charge in [-0.2, -0.15) is 0 Å². The van der Waals surface area contributed by atoms with E-state index in [1.807, 2.05) is 6.07 Å². The molecule has 0 bridgehead atoms. The SMILES string of the molecule is C[C@H](c1cccc2ccccc12)N1C[C@@H]2[C@H](C1)[C@H]2C(=O)NCc1cccc(F)c1. The van der Waals surface area contributed by atoms with Crippen LogP contribution in [0.5, 0.6) is 0 Å². The molecule has 4 atom stereocenters. The molecule has 5 rings (SSSR count). The average molecular weight is 388 g/mol. The summed E-state index contributed by atoms with van der Waals surface area (Å²) >= 11 is 0. The summed E-state index contributed by atoms with van der Waals surface area (Å²) in [6, 6.07) is 21.8. The molecule has 1 aliphatic heterocycles. The summed E-state index contributed by atoms with van der Waals surface area (Å²) in [5.74, 6) is 0.847. The van der Waals surface area contributed by atoms with Crippen LogP contribution >= 0.6 is 0 Å². The van der Waals surface area contributed by atoms with Gasteiger partial charge >= 0.3 is 0 Å². The van der Waals surface area contributed by atoms with Crippen LogP contribution in [-0.4, -0.2) is 23.9 Å². The molecular formula is C25H25FN2O. The Kier molecular flexibility index (Phi) is 4.59. The number of amides is 1. The molecule has 1 saturated heterocycles. The fourth-order valence-electron chi connectivity index (χ4n) is 5.03. The van der Waals surface area contributed by atoms with E-state index in [1.165, 1.54) is 28.5 Å². The number of carbonyl (C=O) groups excluding carboxylic acids is 1. The van der Waals surface area contributed by atoms with Crippen molar-refractivity contribution in [2.45, 2.75) is 19.5 Å². The van der Waals surface area contributed by atoms with Crippen LogP contribution in [0.3, 0.4) is 0 Å². The van der Waals surface area contributed by atoms with E-state index in [4.69, 9.17) is 0 Å². The second kappa shape index (κ2) is 7.27. The molecule has 1 amide bonds. The number of nitrogens with one attached hydrogen (secondary N) is 1. The highest BCUT2D eigenvalue weighted by Gasteiger charge is 2.59. The fraction of sp³-hybridized carbons (Fsp3) is 0.320. The predicted octanol–water partition coefficient (Wildman–Crippen LogP) is 4.53.